The van der Waals surface area contributed by atoms with E-state index < -0.39 is 0 Å². The average Bonchev–Trinajstić information content (AvgIpc) is 3.26. The Morgan fingerprint density at radius 1 is 1.15 bits per heavy atom. The van der Waals surface area contributed by atoms with E-state index in [2.05, 4.69) is 32.4 Å². The summed E-state index contributed by atoms with van der Waals surface area (Å²) in [5, 5.41) is 7.71. The molecule has 1 atom stereocenters. The van der Waals surface area contributed by atoms with Gasteiger partial charge in [-0.15, -0.1) is 0 Å². The topological polar surface area (TPSA) is 62.5 Å². The van der Waals surface area contributed by atoms with Gasteiger partial charge in [-0.25, -0.2) is 9.50 Å². The average molecular weight is 361 g/mol. The van der Waals surface area contributed by atoms with Crippen molar-refractivity contribution in [2.75, 3.05) is 13.1 Å². The van der Waals surface area contributed by atoms with Crippen molar-refractivity contribution >= 4 is 11.6 Å². The maximum atomic E-state index is 12.6. The van der Waals surface area contributed by atoms with Crippen molar-refractivity contribution in [1.82, 2.24) is 24.8 Å². The zero-order valence-electron chi connectivity index (χ0n) is 15.2. The molecular weight excluding hydrogens is 338 g/mol. The number of fused-ring (bicyclic) bond motifs is 1. The summed E-state index contributed by atoms with van der Waals surface area (Å²) in [7, 11) is 0. The van der Waals surface area contributed by atoms with Crippen LogP contribution in [0.15, 0.2) is 55.0 Å². The number of hydrogen-bond donors (Lipinski definition) is 1. The van der Waals surface area contributed by atoms with Crippen LogP contribution in [0.2, 0.25) is 0 Å². The molecule has 6 nitrogen and oxygen atoms in total. The highest BCUT2D eigenvalue weighted by Crippen LogP contribution is 2.39. The molecule has 27 heavy (non-hydrogen) atoms. The molecule has 1 aromatic carbocycles. The Morgan fingerprint density at radius 3 is 2.78 bits per heavy atom. The first-order valence-corrected chi connectivity index (χ1v) is 9.59. The van der Waals surface area contributed by atoms with Gasteiger partial charge in [-0.2, -0.15) is 5.10 Å². The van der Waals surface area contributed by atoms with E-state index in [1.165, 1.54) is 0 Å². The molecule has 2 aliphatic rings. The molecule has 3 aromatic rings. The third kappa shape index (κ3) is 3.00. The van der Waals surface area contributed by atoms with Gasteiger partial charge in [0.15, 0.2) is 5.65 Å². The summed E-state index contributed by atoms with van der Waals surface area (Å²) in [4.78, 5) is 19.5. The predicted octanol–water partition coefficient (Wildman–Crippen LogP) is 2.37. The Hall–Kier alpha value is -2.73. The van der Waals surface area contributed by atoms with Gasteiger partial charge in [0.05, 0.1) is 12.1 Å². The molecule has 2 aliphatic heterocycles. The van der Waals surface area contributed by atoms with Crippen LogP contribution in [0.1, 0.15) is 36.3 Å². The predicted molar refractivity (Wildman–Crippen MR) is 102 cm³/mol. The van der Waals surface area contributed by atoms with Crippen molar-refractivity contribution in [3.05, 3.63) is 66.1 Å². The highest BCUT2D eigenvalue weighted by Gasteiger charge is 2.46. The minimum Gasteiger partial charge on any atom is -0.350 e. The second-order valence-corrected chi connectivity index (χ2v) is 7.77. The summed E-state index contributed by atoms with van der Waals surface area (Å²) in [6.45, 7) is 2.81. The number of likely N-dealkylation sites (tertiary alicyclic amines) is 1. The molecule has 4 heterocycles. The molecule has 0 saturated carbocycles. The lowest BCUT2D eigenvalue weighted by molar-refractivity contribution is -0.121. The van der Waals surface area contributed by atoms with E-state index in [0.717, 1.165) is 55.7 Å². The minimum absolute atomic E-state index is 0.0124. The SMILES string of the molecule is O=C1NC2(CCN(Cc3cnn4cccnc34)CC2)C[C@H]1c1ccccc1. The summed E-state index contributed by atoms with van der Waals surface area (Å²) in [6.07, 6.45) is 8.54. The number of nitrogens with one attached hydrogen (secondary N) is 1. The summed E-state index contributed by atoms with van der Waals surface area (Å²) in [5.74, 6) is 0.169. The van der Waals surface area contributed by atoms with Gasteiger partial charge < -0.3 is 5.32 Å². The first-order chi connectivity index (χ1) is 13.2. The van der Waals surface area contributed by atoms with Crippen LogP contribution in [0.4, 0.5) is 0 Å². The van der Waals surface area contributed by atoms with Crippen molar-refractivity contribution in [2.24, 2.45) is 0 Å². The van der Waals surface area contributed by atoms with E-state index in [1.807, 2.05) is 47.4 Å². The molecule has 2 fully saturated rings. The van der Waals surface area contributed by atoms with Crippen LogP contribution in [-0.4, -0.2) is 44.0 Å². The maximum absolute atomic E-state index is 12.6. The molecule has 1 amide bonds. The lowest BCUT2D eigenvalue weighted by Gasteiger charge is -2.39. The van der Waals surface area contributed by atoms with Crippen molar-refractivity contribution < 1.29 is 4.79 Å². The molecule has 138 valence electrons. The van der Waals surface area contributed by atoms with Gasteiger partial charge in [-0.05, 0) is 30.9 Å². The fraction of sp³-hybridized carbons (Fsp3) is 0.381. The smallest absolute Gasteiger partial charge is 0.228 e. The van der Waals surface area contributed by atoms with Crippen molar-refractivity contribution in [2.45, 2.75) is 37.3 Å². The second-order valence-electron chi connectivity index (χ2n) is 7.77. The van der Waals surface area contributed by atoms with Crippen LogP contribution < -0.4 is 5.32 Å². The number of nitrogens with zero attached hydrogens (tertiary/aromatic N) is 4. The highest BCUT2D eigenvalue weighted by molar-refractivity contribution is 5.87. The zero-order chi connectivity index (χ0) is 18.3. The van der Waals surface area contributed by atoms with Crippen LogP contribution in [-0.2, 0) is 11.3 Å². The Bertz CT molecular complexity index is 959. The minimum atomic E-state index is -0.0482. The van der Waals surface area contributed by atoms with E-state index in [0.29, 0.717) is 0 Å². The van der Waals surface area contributed by atoms with E-state index in [1.54, 1.807) is 0 Å². The molecule has 2 saturated heterocycles. The third-order valence-corrected chi connectivity index (χ3v) is 6.06. The van der Waals surface area contributed by atoms with Gasteiger partial charge in [-0.3, -0.25) is 9.69 Å². The standard InChI is InChI=1S/C21H23N5O/c27-20-18(16-5-2-1-3-6-16)13-21(24-20)7-11-25(12-8-21)15-17-14-23-26-10-4-9-22-19(17)26/h1-6,9-10,14,18H,7-8,11-13,15H2,(H,24,27)/t18-/m0/s1. The number of carbonyl (C=O) groups is 1. The number of aromatic nitrogens is 3. The summed E-state index contributed by atoms with van der Waals surface area (Å²) < 4.78 is 1.82. The molecule has 0 radical (unpaired) electrons. The van der Waals surface area contributed by atoms with Crippen LogP contribution in [0.3, 0.4) is 0 Å². The van der Waals surface area contributed by atoms with Gasteiger partial charge in [0.25, 0.3) is 0 Å². The van der Waals surface area contributed by atoms with Gasteiger partial charge in [0.2, 0.25) is 5.91 Å². The molecule has 0 unspecified atom stereocenters. The number of benzene rings is 1. The van der Waals surface area contributed by atoms with Gasteiger partial charge in [0, 0.05) is 43.1 Å². The Kier molecular flexibility index (Phi) is 3.93. The van der Waals surface area contributed by atoms with Crippen LogP contribution in [0, 0.1) is 0 Å². The maximum Gasteiger partial charge on any atom is 0.228 e. The molecule has 1 N–H and O–H groups in total. The molecular formula is C21H23N5O. The van der Waals surface area contributed by atoms with Crippen LogP contribution in [0.5, 0.6) is 0 Å². The van der Waals surface area contributed by atoms with Gasteiger partial charge >= 0.3 is 0 Å². The first kappa shape index (κ1) is 16.4. The largest absolute Gasteiger partial charge is 0.350 e. The number of piperidine rings is 1. The monoisotopic (exact) mass is 361 g/mol. The van der Waals surface area contributed by atoms with Crippen LogP contribution >= 0.6 is 0 Å². The number of rotatable bonds is 3. The van der Waals surface area contributed by atoms with E-state index in [9.17, 15) is 4.79 Å². The molecule has 1 spiro atoms. The molecule has 6 heteroatoms. The van der Waals surface area contributed by atoms with Crippen molar-refractivity contribution in [3.8, 4) is 0 Å². The third-order valence-electron chi connectivity index (χ3n) is 6.06. The van der Waals surface area contributed by atoms with Crippen molar-refractivity contribution in [1.29, 1.82) is 0 Å². The van der Waals surface area contributed by atoms with Crippen LogP contribution in [0.25, 0.3) is 5.65 Å². The molecule has 5 rings (SSSR count). The second kappa shape index (κ2) is 6.46. The quantitative estimate of drug-likeness (QED) is 0.778. The molecule has 0 bridgehead atoms. The van der Waals surface area contributed by atoms with Gasteiger partial charge in [0.1, 0.15) is 0 Å². The van der Waals surface area contributed by atoms with E-state index >= 15 is 0 Å². The number of hydrogen-bond acceptors (Lipinski definition) is 4. The fourth-order valence-electron chi connectivity index (χ4n) is 4.53. The Labute approximate surface area is 158 Å². The highest BCUT2D eigenvalue weighted by atomic mass is 16.2. The van der Waals surface area contributed by atoms with E-state index in [4.69, 9.17) is 0 Å². The summed E-state index contributed by atoms with van der Waals surface area (Å²) >= 11 is 0. The number of amides is 1. The van der Waals surface area contributed by atoms with Gasteiger partial charge in [-0.1, -0.05) is 30.3 Å². The molecule has 0 aliphatic carbocycles. The lowest BCUT2D eigenvalue weighted by Crippen LogP contribution is -2.50. The fourth-order valence-corrected chi connectivity index (χ4v) is 4.53. The summed E-state index contributed by atoms with van der Waals surface area (Å²) in [6, 6.07) is 12.0. The lowest BCUT2D eigenvalue weighted by atomic mass is 9.82. The first-order valence-electron chi connectivity index (χ1n) is 9.59. The molecule has 2 aromatic heterocycles. The summed E-state index contributed by atoms with van der Waals surface area (Å²) in [5.41, 5.74) is 3.17. The zero-order valence-corrected chi connectivity index (χ0v) is 15.2. The van der Waals surface area contributed by atoms with Crippen molar-refractivity contribution in [3.63, 3.8) is 0 Å². The Balaban J connectivity index is 1.26. The van der Waals surface area contributed by atoms with E-state index in [-0.39, 0.29) is 17.4 Å². The number of carbonyl (C=O) groups excluding carboxylic acids is 1. The Morgan fingerprint density at radius 2 is 1.96 bits per heavy atom. The normalized spacial score (nSPS) is 22.4.